The number of nitro groups is 1. The summed E-state index contributed by atoms with van der Waals surface area (Å²) in [6.45, 7) is 0. The minimum Gasteiger partial charge on any atom is -0.493 e. The fourth-order valence-electron chi connectivity index (χ4n) is 2.00. The van der Waals surface area contributed by atoms with Crippen LogP contribution < -0.4 is 14.3 Å². The molecule has 0 aliphatic carbocycles. The van der Waals surface area contributed by atoms with Crippen molar-refractivity contribution in [3.05, 3.63) is 57.1 Å². The van der Waals surface area contributed by atoms with Crippen LogP contribution in [-0.4, -0.2) is 33.8 Å². The highest BCUT2D eigenvalue weighted by Gasteiger charge is 2.17. The van der Waals surface area contributed by atoms with E-state index in [0.29, 0.717) is 17.1 Å². The molecule has 0 spiro atoms. The summed E-state index contributed by atoms with van der Waals surface area (Å²) in [6, 6.07) is 7.67. The quantitative estimate of drug-likeness (QED) is 0.434. The Morgan fingerprint density at radius 2 is 1.96 bits per heavy atom. The monoisotopic (exact) mass is 399 g/mol. The maximum atomic E-state index is 12.2. The fraction of sp³-hybridized carbons (Fsp3) is 0.133. The van der Waals surface area contributed by atoms with Crippen LogP contribution in [0.1, 0.15) is 5.56 Å². The Bertz CT molecular complexity index is 962. The molecule has 0 saturated heterocycles. The van der Waals surface area contributed by atoms with E-state index < -0.39 is 14.9 Å². The fourth-order valence-corrected chi connectivity index (χ4v) is 3.13. The summed E-state index contributed by atoms with van der Waals surface area (Å²) in [5.41, 5.74) is 0.109. The van der Waals surface area contributed by atoms with Crippen LogP contribution in [0.5, 0.6) is 11.5 Å². The predicted molar refractivity (Wildman–Crippen MR) is 95.6 cm³/mol. The molecule has 0 aliphatic rings. The van der Waals surface area contributed by atoms with Crippen LogP contribution in [0.2, 0.25) is 5.02 Å². The van der Waals surface area contributed by atoms with Gasteiger partial charge < -0.3 is 9.47 Å². The molecule has 9 nitrogen and oxygen atoms in total. The number of nitrogens with zero attached hydrogens (tertiary/aromatic N) is 2. The average Bonchev–Trinajstić information content (AvgIpc) is 2.61. The summed E-state index contributed by atoms with van der Waals surface area (Å²) in [6.07, 6.45) is 1.21. The van der Waals surface area contributed by atoms with Crippen LogP contribution in [-0.2, 0) is 10.0 Å². The number of rotatable bonds is 7. The summed E-state index contributed by atoms with van der Waals surface area (Å²) in [5, 5.41) is 14.7. The van der Waals surface area contributed by atoms with Crippen molar-refractivity contribution in [3.8, 4) is 11.5 Å². The lowest BCUT2D eigenvalue weighted by Gasteiger charge is -2.10. The van der Waals surface area contributed by atoms with Crippen molar-refractivity contribution < 1.29 is 22.8 Å². The summed E-state index contributed by atoms with van der Waals surface area (Å²) in [4.78, 5) is 11.8. The van der Waals surface area contributed by atoms with E-state index in [4.69, 9.17) is 21.1 Å². The van der Waals surface area contributed by atoms with Gasteiger partial charge in [-0.1, -0.05) is 17.7 Å². The number of hydrazone groups is 1. The van der Waals surface area contributed by atoms with Crippen molar-refractivity contribution in [2.24, 2.45) is 5.10 Å². The molecule has 0 atom stereocenters. The number of nitrogens with one attached hydrogen (secondary N) is 1. The highest BCUT2D eigenvalue weighted by atomic mass is 35.5. The van der Waals surface area contributed by atoms with Crippen LogP contribution in [0, 0.1) is 10.1 Å². The van der Waals surface area contributed by atoms with Gasteiger partial charge in [-0.2, -0.15) is 13.5 Å². The zero-order valence-electron chi connectivity index (χ0n) is 13.7. The van der Waals surface area contributed by atoms with Crippen molar-refractivity contribution in [1.82, 2.24) is 4.83 Å². The molecular weight excluding hydrogens is 386 g/mol. The first-order valence-electron chi connectivity index (χ1n) is 6.99. The van der Waals surface area contributed by atoms with E-state index in [2.05, 4.69) is 5.10 Å². The Morgan fingerprint density at radius 1 is 1.23 bits per heavy atom. The maximum absolute atomic E-state index is 12.2. The van der Waals surface area contributed by atoms with Crippen LogP contribution in [0.15, 0.2) is 46.4 Å². The van der Waals surface area contributed by atoms with Crippen molar-refractivity contribution in [2.45, 2.75) is 4.90 Å². The number of benzene rings is 2. The van der Waals surface area contributed by atoms with Gasteiger partial charge in [0.25, 0.3) is 15.7 Å². The van der Waals surface area contributed by atoms with E-state index in [0.717, 1.165) is 6.07 Å². The largest absolute Gasteiger partial charge is 0.493 e. The van der Waals surface area contributed by atoms with Crippen LogP contribution in [0.3, 0.4) is 0 Å². The second-order valence-corrected chi connectivity index (χ2v) is 6.91. The Labute approximate surface area is 154 Å². The summed E-state index contributed by atoms with van der Waals surface area (Å²) in [5.74, 6) is 0.687. The molecule has 0 heterocycles. The van der Waals surface area contributed by atoms with Crippen molar-refractivity contribution >= 4 is 33.5 Å². The molecule has 2 aromatic rings. The topological polar surface area (TPSA) is 120 Å². The first-order chi connectivity index (χ1) is 12.3. The summed E-state index contributed by atoms with van der Waals surface area (Å²) >= 11 is 6.06. The van der Waals surface area contributed by atoms with Crippen molar-refractivity contribution in [3.63, 3.8) is 0 Å². The third-order valence-corrected chi connectivity index (χ3v) is 4.68. The predicted octanol–water partition coefficient (Wildman–Crippen LogP) is 2.58. The van der Waals surface area contributed by atoms with E-state index in [-0.39, 0.29) is 15.6 Å². The lowest BCUT2D eigenvalue weighted by atomic mass is 10.2. The lowest BCUT2D eigenvalue weighted by molar-refractivity contribution is -0.385. The van der Waals surface area contributed by atoms with E-state index >= 15 is 0 Å². The molecule has 0 radical (unpaired) electrons. The van der Waals surface area contributed by atoms with Crippen molar-refractivity contribution in [1.29, 1.82) is 0 Å². The number of non-ortho nitro benzene ring substituents is 1. The number of hydrogen-bond acceptors (Lipinski definition) is 7. The maximum Gasteiger partial charge on any atom is 0.276 e. The minimum atomic E-state index is -4.07. The zero-order chi connectivity index (χ0) is 19.3. The third-order valence-electron chi connectivity index (χ3n) is 3.18. The van der Waals surface area contributed by atoms with Gasteiger partial charge in [0.2, 0.25) is 0 Å². The Balaban J connectivity index is 2.23. The average molecular weight is 400 g/mol. The molecule has 2 aromatic carbocycles. The highest BCUT2D eigenvalue weighted by Crippen LogP contribution is 2.35. The van der Waals surface area contributed by atoms with Gasteiger partial charge in [0.1, 0.15) is 0 Å². The molecule has 0 saturated carbocycles. The van der Waals surface area contributed by atoms with Gasteiger partial charge in [0, 0.05) is 12.1 Å². The summed E-state index contributed by atoms with van der Waals surface area (Å²) in [7, 11) is -1.20. The molecule has 0 aromatic heterocycles. The van der Waals surface area contributed by atoms with Crippen LogP contribution in [0.25, 0.3) is 0 Å². The Hall–Kier alpha value is -2.85. The highest BCUT2D eigenvalue weighted by molar-refractivity contribution is 7.89. The molecule has 0 amide bonds. The molecule has 26 heavy (non-hydrogen) atoms. The van der Waals surface area contributed by atoms with Gasteiger partial charge in [-0.05, 0) is 23.8 Å². The van der Waals surface area contributed by atoms with Crippen molar-refractivity contribution in [2.75, 3.05) is 14.2 Å². The molecule has 11 heteroatoms. The van der Waals surface area contributed by atoms with Gasteiger partial charge in [-0.15, -0.1) is 0 Å². The molecule has 0 fully saturated rings. The first-order valence-corrected chi connectivity index (χ1v) is 8.85. The zero-order valence-corrected chi connectivity index (χ0v) is 15.2. The normalized spacial score (nSPS) is 11.3. The van der Waals surface area contributed by atoms with E-state index in [9.17, 15) is 18.5 Å². The lowest BCUT2D eigenvalue weighted by Crippen LogP contribution is -2.18. The molecule has 0 aliphatic heterocycles. The second kappa shape index (κ2) is 8.02. The van der Waals surface area contributed by atoms with Gasteiger partial charge in [0.15, 0.2) is 11.5 Å². The van der Waals surface area contributed by atoms with Crippen LogP contribution >= 0.6 is 11.6 Å². The smallest absolute Gasteiger partial charge is 0.276 e. The standard InChI is InChI=1S/C15H14ClN3O6S/c1-24-14-7-10(6-13(16)15(14)25-2)9-17-18-26(22,23)12-5-3-4-11(8-12)19(20)21/h3-9,18H,1-2H3/b17-9+. The molecule has 1 N–H and O–H groups in total. The van der Waals surface area contributed by atoms with Gasteiger partial charge in [-0.25, -0.2) is 4.83 Å². The van der Waals surface area contributed by atoms with Gasteiger partial charge in [0.05, 0.1) is 35.3 Å². The first kappa shape index (κ1) is 19.5. The molecule has 0 bridgehead atoms. The number of hydrogen-bond donors (Lipinski definition) is 1. The van der Waals surface area contributed by atoms with E-state index in [1.54, 1.807) is 6.07 Å². The second-order valence-electron chi connectivity index (χ2n) is 4.85. The SMILES string of the molecule is COc1cc(/C=N/NS(=O)(=O)c2cccc([N+](=O)[O-])c2)cc(Cl)c1OC. The molecular formula is C15H14ClN3O6S. The van der Waals surface area contributed by atoms with E-state index in [1.165, 1.54) is 44.7 Å². The number of ether oxygens (including phenoxy) is 2. The third kappa shape index (κ3) is 4.41. The van der Waals surface area contributed by atoms with Crippen LogP contribution in [0.4, 0.5) is 5.69 Å². The number of nitro benzene ring substituents is 1. The number of sulfonamides is 1. The molecule has 2 rings (SSSR count). The van der Waals surface area contributed by atoms with Gasteiger partial charge in [-0.3, -0.25) is 10.1 Å². The minimum absolute atomic E-state index is 0.259. The van der Waals surface area contributed by atoms with E-state index in [1.807, 2.05) is 4.83 Å². The Morgan fingerprint density at radius 3 is 2.58 bits per heavy atom. The molecule has 138 valence electrons. The van der Waals surface area contributed by atoms with Gasteiger partial charge >= 0.3 is 0 Å². The summed E-state index contributed by atoms with van der Waals surface area (Å²) < 4.78 is 34.6. The number of halogens is 1. The number of methoxy groups -OCH3 is 2. The Kier molecular flexibility index (Phi) is 6.01. The molecule has 0 unspecified atom stereocenters.